The molecule has 0 heterocycles. The van der Waals surface area contributed by atoms with E-state index >= 15 is 0 Å². The van der Waals surface area contributed by atoms with Crippen LogP contribution in [0.5, 0.6) is 5.75 Å². The molecule has 0 fully saturated rings. The third-order valence-electron chi connectivity index (χ3n) is 3.19. The highest BCUT2D eigenvalue weighted by atomic mass is 79.9. The molecule has 0 saturated heterocycles. The van der Waals surface area contributed by atoms with Gasteiger partial charge in [0.05, 0.1) is 0 Å². The van der Waals surface area contributed by atoms with Crippen LogP contribution in [0.15, 0.2) is 40.9 Å². The van der Waals surface area contributed by atoms with Crippen LogP contribution in [0.2, 0.25) is 5.02 Å². The van der Waals surface area contributed by atoms with E-state index in [0.29, 0.717) is 6.61 Å². The van der Waals surface area contributed by atoms with Gasteiger partial charge in [-0.1, -0.05) is 45.7 Å². The first-order valence-corrected chi connectivity index (χ1v) is 8.05. The monoisotopic (exact) mass is 367 g/mol. The van der Waals surface area contributed by atoms with Crippen LogP contribution in [-0.4, -0.2) is 6.04 Å². The number of hydrogen-bond donors (Lipinski definition) is 1. The summed E-state index contributed by atoms with van der Waals surface area (Å²) in [4.78, 5) is 0. The molecule has 0 aliphatic carbocycles. The van der Waals surface area contributed by atoms with E-state index in [1.165, 1.54) is 0 Å². The molecule has 0 spiro atoms. The van der Waals surface area contributed by atoms with Crippen molar-refractivity contribution in [2.24, 2.45) is 5.73 Å². The Morgan fingerprint density at radius 1 is 1.24 bits per heavy atom. The van der Waals surface area contributed by atoms with Gasteiger partial charge < -0.3 is 10.5 Å². The first-order valence-electron chi connectivity index (χ1n) is 6.88. The van der Waals surface area contributed by atoms with Gasteiger partial charge >= 0.3 is 0 Å². The van der Waals surface area contributed by atoms with E-state index < -0.39 is 0 Å². The van der Waals surface area contributed by atoms with Crippen molar-refractivity contribution in [1.29, 1.82) is 0 Å². The Kier molecular flexibility index (Phi) is 5.68. The summed E-state index contributed by atoms with van der Waals surface area (Å²) in [6.45, 7) is 4.49. The molecule has 2 aromatic rings. The Hall–Kier alpha value is -1.03. The topological polar surface area (TPSA) is 35.2 Å². The van der Waals surface area contributed by atoms with Gasteiger partial charge in [0.1, 0.15) is 12.4 Å². The molecule has 0 bridgehead atoms. The van der Waals surface area contributed by atoms with Crippen molar-refractivity contribution >= 4 is 27.5 Å². The van der Waals surface area contributed by atoms with Crippen LogP contribution >= 0.6 is 27.5 Å². The van der Waals surface area contributed by atoms with E-state index in [9.17, 15) is 0 Å². The molecule has 112 valence electrons. The van der Waals surface area contributed by atoms with Gasteiger partial charge in [0.15, 0.2) is 0 Å². The molecule has 0 aliphatic rings. The molecule has 1 unspecified atom stereocenters. The van der Waals surface area contributed by atoms with Gasteiger partial charge in [-0.15, -0.1) is 0 Å². The smallest absolute Gasteiger partial charge is 0.126 e. The molecule has 4 heteroatoms. The molecule has 0 radical (unpaired) electrons. The number of nitrogens with two attached hydrogens (primary N) is 1. The molecule has 0 saturated carbocycles. The van der Waals surface area contributed by atoms with Gasteiger partial charge in [0.2, 0.25) is 0 Å². The van der Waals surface area contributed by atoms with E-state index in [-0.39, 0.29) is 6.04 Å². The lowest BCUT2D eigenvalue weighted by Crippen LogP contribution is -2.18. The van der Waals surface area contributed by atoms with E-state index in [2.05, 4.69) is 22.0 Å². The third kappa shape index (κ3) is 4.47. The molecule has 2 rings (SSSR count). The molecule has 0 amide bonds. The summed E-state index contributed by atoms with van der Waals surface area (Å²) in [7, 11) is 0. The molecular weight excluding hydrogens is 350 g/mol. The SMILES string of the molecule is Cc1cc(Br)cc(CC(C)N)c1OCc1ccccc1Cl. The molecule has 2 aromatic carbocycles. The first-order chi connectivity index (χ1) is 9.97. The molecule has 0 aliphatic heterocycles. The van der Waals surface area contributed by atoms with E-state index in [1.807, 2.05) is 44.2 Å². The van der Waals surface area contributed by atoms with Crippen LogP contribution in [0, 0.1) is 6.92 Å². The van der Waals surface area contributed by atoms with Crippen LogP contribution in [0.1, 0.15) is 23.6 Å². The summed E-state index contributed by atoms with van der Waals surface area (Å²) in [5, 5.41) is 0.723. The lowest BCUT2D eigenvalue weighted by Gasteiger charge is -2.17. The predicted octanol–water partition coefficient (Wildman–Crippen LogP) is 4.88. The van der Waals surface area contributed by atoms with Gasteiger partial charge in [-0.3, -0.25) is 0 Å². The van der Waals surface area contributed by atoms with E-state index in [4.69, 9.17) is 22.1 Å². The summed E-state index contributed by atoms with van der Waals surface area (Å²) < 4.78 is 7.07. The van der Waals surface area contributed by atoms with Crippen molar-refractivity contribution in [1.82, 2.24) is 0 Å². The summed E-state index contributed by atoms with van der Waals surface area (Å²) in [5.74, 6) is 0.899. The standard InChI is InChI=1S/C17H19BrClNO/c1-11-7-15(18)9-14(8-12(2)20)17(11)21-10-13-5-3-4-6-16(13)19/h3-7,9,12H,8,10,20H2,1-2H3. The summed E-state index contributed by atoms with van der Waals surface area (Å²) in [6.07, 6.45) is 0.776. The minimum absolute atomic E-state index is 0.0846. The maximum atomic E-state index is 6.17. The number of rotatable bonds is 5. The number of ether oxygens (including phenoxy) is 1. The highest BCUT2D eigenvalue weighted by Gasteiger charge is 2.12. The van der Waals surface area contributed by atoms with Gasteiger partial charge in [0.25, 0.3) is 0 Å². The van der Waals surface area contributed by atoms with Gasteiger partial charge in [0, 0.05) is 21.1 Å². The van der Waals surface area contributed by atoms with Crippen molar-refractivity contribution < 1.29 is 4.74 Å². The lowest BCUT2D eigenvalue weighted by molar-refractivity contribution is 0.300. The molecule has 1 atom stereocenters. The lowest BCUT2D eigenvalue weighted by atomic mass is 10.0. The molecular formula is C17H19BrClNO. The Morgan fingerprint density at radius 3 is 2.62 bits per heavy atom. The summed E-state index contributed by atoms with van der Waals surface area (Å²) in [5.41, 5.74) is 9.12. The van der Waals surface area contributed by atoms with Crippen LogP contribution in [0.3, 0.4) is 0 Å². The number of aryl methyl sites for hydroxylation is 1. The van der Waals surface area contributed by atoms with Gasteiger partial charge in [-0.2, -0.15) is 0 Å². The second-order valence-corrected chi connectivity index (χ2v) is 6.60. The highest BCUT2D eigenvalue weighted by Crippen LogP contribution is 2.30. The first kappa shape index (κ1) is 16.3. The molecule has 2 nitrogen and oxygen atoms in total. The average molecular weight is 369 g/mol. The fourth-order valence-corrected chi connectivity index (χ4v) is 3.08. The van der Waals surface area contributed by atoms with Crippen LogP contribution < -0.4 is 10.5 Å². The maximum Gasteiger partial charge on any atom is 0.126 e. The van der Waals surface area contributed by atoms with Crippen molar-refractivity contribution in [3.05, 3.63) is 62.6 Å². The largest absolute Gasteiger partial charge is 0.488 e. The average Bonchev–Trinajstić information content (AvgIpc) is 2.38. The van der Waals surface area contributed by atoms with Crippen LogP contribution in [-0.2, 0) is 13.0 Å². The summed E-state index contributed by atoms with van der Waals surface area (Å²) in [6, 6.07) is 11.9. The Balaban J connectivity index is 2.24. The Labute approximate surface area is 139 Å². The fourth-order valence-electron chi connectivity index (χ4n) is 2.27. The second kappa shape index (κ2) is 7.30. The Morgan fingerprint density at radius 2 is 1.95 bits per heavy atom. The van der Waals surface area contributed by atoms with E-state index in [1.54, 1.807) is 0 Å². The highest BCUT2D eigenvalue weighted by molar-refractivity contribution is 9.10. The zero-order chi connectivity index (χ0) is 15.4. The number of halogens is 2. The van der Waals surface area contributed by atoms with Gasteiger partial charge in [-0.25, -0.2) is 0 Å². The fraction of sp³-hybridized carbons (Fsp3) is 0.294. The second-order valence-electron chi connectivity index (χ2n) is 5.27. The predicted molar refractivity (Wildman–Crippen MR) is 92.0 cm³/mol. The quantitative estimate of drug-likeness (QED) is 0.816. The van der Waals surface area contributed by atoms with Crippen molar-refractivity contribution in [3.8, 4) is 5.75 Å². The normalized spacial score (nSPS) is 12.2. The van der Waals surface area contributed by atoms with E-state index in [0.717, 1.165) is 38.4 Å². The zero-order valence-electron chi connectivity index (χ0n) is 12.2. The van der Waals surface area contributed by atoms with Crippen molar-refractivity contribution in [2.75, 3.05) is 0 Å². The number of benzene rings is 2. The van der Waals surface area contributed by atoms with Crippen LogP contribution in [0.4, 0.5) is 0 Å². The number of hydrogen-bond acceptors (Lipinski definition) is 2. The third-order valence-corrected chi connectivity index (χ3v) is 4.01. The summed E-state index contributed by atoms with van der Waals surface area (Å²) >= 11 is 9.70. The molecule has 2 N–H and O–H groups in total. The van der Waals surface area contributed by atoms with Crippen LogP contribution in [0.25, 0.3) is 0 Å². The molecule has 0 aromatic heterocycles. The van der Waals surface area contributed by atoms with Crippen molar-refractivity contribution in [3.63, 3.8) is 0 Å². The maximum absolute atomic E-state index is 6.17. The minimum Gasteiger partial charge on any atom is -0.488 e. The zero-order valence-corrected chi connectivity index (χ0v) is 14.5. The van der Waals surface area contributed by atoms with Gasteiger partial charge in [-0.05, 0) is 49.6 Å². The van der Waals surface area contributed by atoms with Crippen molar-refractivity contribution in [2.45, 2.75) is 32.9 Å². The minimum atomic E-state index is 0.0846. The molecule has 21 heavy (non-hydrogen) atoms. The Bertz CT molecular complexity index is 628.